The second-order valence-electron chi connectivity index (χ2n) is 5.00. The number of carbonyl (C=O) groups is 1. The molecule has 0 aromatic carbocycles. The van der Waals surface area contributed by atoms with Crippen molar-refractivity contribution in [1.82, 2.24) is 9.21 Å². The Balaban J connectivity index is 2.08. The van der Waals surface area contributed by atoms with E-state index in [9.17, 15) is 13.2 Å². The number of amides is 1. The smallest absolute Gasteiger partial charge is 0.241 e. The van der Waals surface area contributed by atoms with Gasteiger partial charge in [-0.1, -0.05) is 0 Å². The molecular formula is C11H20N2O4S. The zero-order valence-electron chi connectivity index (χ0n) is 10.8. The highest BCUT2D eigenvalue weighted by Gasteiger charge is 2.39. The van der Waals surface area contributed by atoms with Gasteiger partial charge in [0.15, 0.2) is 0 Å². The van der Waals surface area contributed by atoms with Crippen LogP contribution in [0.2, 0.25) is 0 Å². The lowest BCUT2D eigenvalue weighted by molar-refractivity contribution is -0.141. The van der Waals surface area contributed by atoms with Gasteiger partial charge in [0.25, 0.3) is 0 Å². The number of morpholine rings is 1. The van der Waals surface area contributed by atoms with Gasteiger partial charge in [0.1, 0.15) is 6.04 Å². The number of nitrogens with zero attached hydrogens (tertiary/aromatic N) is 2. The number of rotatable bonds is 2. The first-order chi connectivity index (χ1) is 8.39. The molecule has 2 saturated heterocycles. The van der Waals surface area contributed by atoms with E-state index in [1.807, 2.05) is 6.92 Å². The molecule has 2 aliphatic rings. The number of hydrogen-bond donors (Lipinski definition) is 0. The lowest BCUT2D eigenvalue weighted by Gasteiger charge is -2.34. The van der Waals surface area contributed by atoms with Crippen LogP contribution in [0.4, 0.5) is 0 Å². The fourth-order valence-corrected chi connectivity index (χ4v) is 3.73. The van der Waals surface area contributed by atoms with Crippen molar-refractivity contribution in [3.8, 4) is 0 Å². The Morgan fingerprint density at radius 3 is 2.67 bits per heavy atom. The SMILES string of the molecule is C[C@H]1CN(C(=O)[C@@H]2CCCN2S(C)(=O)=O)CCO1. The minimum absolute atomic E-state index is 0.0239. The molecule has 2 fully saturated rings. The summed E-state index contributed by atoms with van der Waals surface area (Å²) in [6.07, 6.45) is 2.57. The molecule has 0 unspecified atom stereocenters. The summed E-state index contributed by atoms with van der Waals surface area (Å²) in [6.45, 7) is 4.00. The van der Waals surface area contributed by atoms with Crippen molar-refractivity contribution < 1.29 is 17.9 Å². The van der Waals surface area contributed by atoms with Crippen LogP contribution in [0.25, 0.3) is 0 Å². The van der Waals surface area contributed by atoms with Crippen LogP contribution in [0.1, 0.15) is 19.8 Å². The lowest BCUT2D eigenvalue weighted by Crippen LogP contribution is -2.52. The van der Waals surface area contributed by atoms with E-state index in [0.29, 0.717) is 32.7 Å². The maximum absolute atomic E-state index is 12.4. The Bertz CT molecular complexity index is 423. The van der Waals surface area contributed by atoms with Gasteiger partial charge in [-0.2, -0.15) is 4.31 Å². The molecule has 0 N–H and O–H groups in total. The molecule has 7 heteroatoms. The van der Waals surface area contributed by atoms with Crippen molar-refractivity contribution in [3.05, 3.63) is 0 Å². The lowest BCUT2D eigenvalue weighted by atomic mass is 10.2. The van der Waals surface area contributed by atoms with Crippen molar-refractivity contribution in [2.75, 3.05) is 32.5 Å². The summed E-state index contributed by atoms with van der Waals surface area (Å²) in [5.74, 6) is -0.0759. The molecule has 0 spiro atoms. The third kappa shape index (κ3) is 2.84. The average molecular weight is 276 g/mol. The normalized spacial score (nSPS) is 30.7. The van der Waals surface area contributed by atoms with Crippen molar-refractivity contribution in [2.24, 2.45) is 0 Å². The van der Waals surface area contributed by atoms with Crippen molar-refractivity contribution in [1.29, 1.82) is 0 Å². The molecule has 0 saturated carbocycles. The molecule has 2 atom stereocenters. The zero-order chi connectivity index (χ0) is 13.3. The van der Waals surface area contributed by atoms with E-state index in [4.69, 9.17) is 4.74 Å². The fourth-order valence-electron chi connectivity index (χ4n) is 2.61. The minimum atomic E-state index is -3.29. The number of carbonyl (C=O) groups excluding carboxylic acids is 1. The quantitative estimate of drug-likeness (QED) is 0.692. The van der Waals surface area contributed by atoms with Gasteiger partial charge in [-0.15, -0.1) is 0 Å². The number of hydrogen-bond acceptors (Lipinski definition) is 4. The highest BCUT2D eigenvalue weighted by molar-refractivity contribution is 7.88. The van der Waals surface area contributed by atoms with Gasteiger partial charge in [-0.05, 0) is 19.8 Å². The van der Waals surface area contributed by atoms with Crippen LogP contribution in [0.15, 0.2) is 0 Å². The van der Waals surface area contributed by atoms with Gasteiger partial charge >= 0.3 is 0 Å². The Hall–Kier alpha value is -0.660. The monoisotopic (exact) mass is 276 g/mol. The standard InChI is InChI=1S/C11H20N2O4S/c1-9-8-12(6-7-17-9)11(14)10-4-3-5-13(10)18(2,15)16/h9-10H,3-8H2,1-2H3/t9-,10-/m0/s1. The molecule has 2 aliphatic heterocycles. The van der Waals surface area contributed by atoms with Gasteiger partial charge in [0, 0.05) is 19.6 Å². The Morgan fingerprint density at radius 1 is 1.33 bits per heavy atom. The third-order valence-electron chi connectivity index (χ3n) is 3.47. The van der Waals surface area contributed by atoms with E-state index < -0.39 is 16.1 Å². The Labute approximate surface area is 108 Å². The summed E-state index contributed by atoms with van der Waals surface area (Å²) in [6, 6.07) is -0.509. The van der Waals surface area contributed by atoms with E-state index in [1.165, 1.54) is 10.6 Å². The van der Waals surface area contributed by atoms with E-state index in [2.05, 4.69) is 0 Å². The van der Waals surface area contributed by atoms with E-state index in [-0.39, 0.29) is 12.0 Å². The van der Waals surface area contributed by atoms with Crippen LogP contribution < -0.4 is 0 Å². The second kappa shape index (κ2) is 5.14. The highest BCUT2D eigenvalue weighted by Crippen LogP contribution is 2.23. The van der Waals surface area contributed by atoms with Crippen molar-refractivity contribution in [2.45, 2.75) is 31.9 Å². The van der Waals surface area contributed by atoms with Crippen LogP contribution in [0.5, 0.6) is 0 Å². The maximum atomic E-state index is 12.4. The van der Waals surface area contributed by atoms with E-state index in [1.54, 1.807) is 4.90 Å². The predicted octanol–water partition coefficient (Wildman–Crippen LogP) is -0.342. The largest absolute Gasteiger partial charge is 0.375 e. The first kappa shape index (κ1) is 13.8. The molecule has 2 rings (SSSR count). The van der Waals surface area contributed by atoms with Crippen LogP contribution in [-0.4, -0.2) is 68.2 Å². The summed E-state index contributed by atoms with van der Waals surface area (Å²) < 4.78 is 30.0. The molecule has 0 bridgehead atoms. The minimum Gasteiger partial charge on any atom is -0.375 e. The number of sulfonamides is 1. The van der Waals surface area contributed by atoms with E-state index >= 15 is 0 Å². The molecule has 2 heterocycles. The van der Waals surface area contributed by atoms with Gasteiger partial charge in [-0.25, -0.2) is 8.42 Å². The van der Waals surface area contributed by atoms with Crippen LogP contribution in [0, 0.1) is 0 Å². The topological polar surface area (TPSA) is 66.9 Å². The predicted molar refractivity (Wildman–Crippen MR) is 66.6 cm³/mol. The van der Waals surface area contributed by atoms with Crippen molar-refractivity contribution in [3.63, 3.8) is 0 Å². The molecule has 0 aromatic rings. The maximum Gasteiger partial charge on any atom is 0.241 e. The zero-order valence-corrected chi connectivity index (χ0v) is 11.6. The summed E-state index contributed by atoms with van der Waals surface area (Å²) in [5.41, 5.74) is 0. The highest BCUT2D eigenvalue weighted by atomic mass is 32.2. The molecule has 104 valence electrons. The first-order valence-electron chi connectivity index (χ1n) is 6.27. The first-order valence-corrected chi connectivity index (χ1v) is 8.11. The second-order valence-corrected chi connectivity index (χ2v) is 6.93. The van der Waals surface area contributed by atoms with Crippen LogP contribution >= 0.6 is 0 Å². The summed E-state index contributed by atoms with van der Waals surface area (Å²) in [5, 5.41) is 0. The van der Waals surface area contributed by atoms with Crippen LogP contribution in [0.3, 0.4) is 0 Å². The molecule has 0 radical (unpaired) electrons. The van der Waals surface area contributed by atoms with Crippen molar-refractivity contribution >= 4 is 15.9 Å². The third-order valence-corrected chi connectivity index (χ3v) is 4.76. The summed E-state index contributed by atoms with van der Waals surface area (Å²) in [4.78, 5) is 14.1. The number of ether oxygens (including phenoxy) is 1. The molecular weight excluding hydrogens is 256 g/mol. The Morgan fingerprint density at radius 2 is 2.06 bits per heavy atom. The van der Waals surface area contributed by atoms with Gasteiger partial charge in [0.05, 0.1) is 19.0 Å². The molecule has 18 heavy (non-hydrogen) atoms. The molecule has 0 aliphatic carbocycles. The van der Waals surface area contributed by atoms with Gasteiger partial charge in [0.2, 0.25) is 15.9 Å². The summed E-state index contributed by atoms with van der Waals surface area (Å²) in [7, 11) is -3.29. The molecule has 6 nitrogen and oxygen atoms in total. The fraction of sp³-hybridized carbons (Fsp3) is 0.909. The molecule has 0 aromatic heterocycles. The Kier molecular flexibility index (Phi) is 3.93. The van der Waals surface area contributed by atoms with Gasteiger partial charge in [-0.3, -0.25) is 4.79 Å². The van der Waals surface area contributed by atoms with Crippen LogP contribution in [-0.2, 0) is 19.6 Å². The summed E-state index contributed by atoms with van der Waals surface area (Å²) >= 11 is 0. The van der Waals surface area contributed by atoms with E-state index in [0.717, 1.165) is 6.42 Å². The average Bonchev–Trinajstić information content (AvgIpc) is 2.76. The van der Waals surface area contributed by atoms with Gasteiger partial charge < -0.3 is 9.64 Å². The molecule has 1 amide bonds.